The van der Waals surface area contributed by atoms with Gasteiger partial charge >= 0.3 is 5.97 Å². The Bertz CT molecular complexity index is 651. The summed E-state index contributed by atoms with van der Waals surface area (Å²) in [5, 5.41) is 9.79. The van der Waals surface area contributed by atoms with Crippen LogP contribution in [0.4, 0.5) is 0 Å². The molecule has 2 aromatic rings. The van der Waals surface area contributed by atoms with Gasteiger partial charge in [0.25, 0.3) is 0 Å². The van der Waals surface area contributed by atoms with E-state index < -0.39 is 11.4 Å². The molecule has 0 spiro atoms. The molecule has 1 aliphatic carbocycles. The van der Waals surface area contributed by atoms with Gasteiger partial charge in [-0.05, 0) is 48.1 Å². The minimum absolute atomic E-state index is 0.522. The summed E-state index contributed by atoms with van der Waals surface area (Å²) in [6, 6.07) is 15.7. The van der Waals surface area contributed by atoms with Crippen LogP contribution in [0, 0.1) is 5.41 Å². The van der Waals surface area contributed by atoms with Crippen molar-refractivity contribution in [2.24, 2.45) is 5.41 Å². The Hall–Kier alpha value is -2.29. The molecule has 1 N–H and O–H groups in total. The third-order valence-corrected chi connectivity index (χ3v) is 4.31. The van der Waals surface area contributed by atoms with Crippen molar-refractivity contribution in [1.29, 1.82) is 0 Å². The maximum atomic E-state index is 11.9. The molecule has 2 aromatic carbocycles. The SMILES string of the molecule is COc1cccc(CC2(C(=O)O)Cc3ccccc3C2)c1. The van der Waals surface area contributed by atoms with E-state index in [4.69, 9.17) is 4.74 Å². The van der Waals surface area contributed by atoms with Crippen molar-refractivity contribution in [2.75, 3.05) is 7.11 Å². The molecule has 0 atom stereocenters. The summed E-state index contributed by atoms with van der Waals surface area (Å²) in [5.74, 6) is 0.0464. The first-order valence-corrected chi connectivity index (χ1v) is 7.06. The number of carboxylic acid groups (broad SMARTS) is 1. The summed E-state index contributed by atoms with van der Waals surface area (Å²) in [7, 11) is 1.62. The van der Waals surface area contributed by atoms with E-state index in [1.165, 1.54) is 0 Å². The van der Waals surface area contributed by atoms with Gasteiger partial charge in [-0.3, -0.25) is 4.79 Å². The van der Waals surface area contributed by atoms with Gasteiger partial charge in [-0.25, -0.2) is 0 Å². The Morgan fingerprint density at radius 3 is 2.38 bits per heavy atom. The van der Waals surface area contributed by atoms with Crippen LogP contribution in [-0.4, -0.2) is 18.2 Å². The molecular weight excluding hydrogens is 264 g/mol. The van der Waals surface area contributed by atoms with Gasteiger partial charge in [-0.15, -0.1) is 0 Å². The number of rotatable bonds is 4. The van der Waals surface area contributed by atoms with E-state index in [2.05, 4.69) is 0 Å². The van der Waals surface area contributed by atoms with Crippen molar-refractivity contribution in [3.63, 3.8) is 0 Å². The summed E-state index contributed by atoms with van der Waals surface area (Å²) in [6.45, 7) is 0. The van der Waals surface area contributed by atoms with E-state index in [1.54, 1.807) is 7.11 Å². The van der Waals surface area contributed by atoms with E-state index in [0.29, 0.717) is 19.3 Å². The number of methoxy groups -OCH3 is 1. The smallest absolute Gasteiger partial charge is 0.310 e. The molecule has 108 valence electrons. The van der Waals surface area contributed by atoms with Crippen molar-refractivity contribution in [1.82, 2.24) is 0 Å². The molecular formula is C18H18O3. The number of carbonyl (C=O) groups is 1. The van der Waals surface area contributed by atoms with Gasteiger partial charge in [-0.2, -0.15) is 0 Å². The largest absolute Gasteiger partial charge is 0.497 e. The van der Waals surface area contributed by atoms with Crippen LogP contribution in [0.2, 0.25) is 0 Å². The third-order valence-electron chi connectivity index (χ3n) is 4.31. The Kier molecular flexibility index (Phi) is 3.42. The second-order valence-electron chi connectivity index (χ2n) is 5.74. The highest BCUT2D eigenvalue weighted by atomic mass is 16.5. The molecule has 0 heterocycles. The summed E-state index contributed by atoms with van der Waals surface area (Å²) in [5.41, 5.74) is 2.57. The molecule has 0 saturated heterocycles. The van der Waals surface area contributed by atoms with Gasteiger partial charge in [0.15, 0.2) is 0 Å². The molecule has 0 aliphatic heterocycles. The molecule has 0 radical (unpaired) electrons. The number of benzene rings is 2. The molecule has 3 nitrogen and oxygen atoms in total. The maximum absolute atomic E-state index is 11.9. The van der Waals surface area contributed by atoms with Crippen molar-refractivity contribution in [3.8, 4) is 5.75 Å². The Morgan fingerprint density at radius 2 is 1.81 bits per heavy atom. The summed E-state index contributed by atoms with van der Waals surface area (Å²) in [6.07, 6.45) is 1.71. The summed E-state index contributed by atoms with van der Waals surface area (Å²) in [4.78, 5) is 11.9. The molecule has 0 bridgehead atoms. The van der Waals surface area contributed by atoms with E-state index in [-0.39, 0.29) is 0 Å². The van der Waals surface area contributed by atoms with Gasteiger partial charge in [-0.1, -0.05) is 36.4 Å². The zero-order chi connectivity index (χ0) is 14.9. The second-order valence-corrected chi connectivity index (χ2v) is 5.74. The van der Waals surface area contributed by atoms with E-state index in [1.807, 2.05) is 48.5 Å². The van der Waals surface area contributed by atoms with Crippen LogP contribution in [0.15, 0.2) is 48.5 Å². The van der Waals surface area contributed by atoms with Gasteiger partial charge in [0.1, 0.15) is 5.75 Å². The fraction of sp³-hybridized carbons (Fsp3) is 0.278. The Morgan fingerprint density at radius 1 is 1.14 bits per heavy atom. The highest BCUT2D eigenvalue weighted by Gasteiger charge is 2.43. The Labute approximate surface area is 124 Å². The van der Waals surface area contributed by atoms with Crippen LogP contribution in [0.5, 0.6) is 5.75 Å². The minimum Gasteiger partial charge on any atom is -0.497 e. The van der Waals surface area contributed by atoms with Crippen LogP contribution >= 0.6 is 0 Å². The molecule has 0 aromatic heterocycles. The first kappa shape index (κ1) is 13.7. The fourth-order valence-electron chi connectivity index (χ4n) is 3.22. The number of carboxylic acids is 1. The number of ether oxygens (including phenoxy) is 1. The molecule has 0 unspecified atom stereocenters. The summed E-state index contributed by atoms with van der Waals surface area (Å²) >= 11 is 0. The molecule has 3 rings (SSSR count). The van der Waals surface area contributed by atoms with Gasteiger partial charge < -0.3 is 9.84 Å². The molecule has 0 fully saturated rings. The van der Waals surface area contributed by atoms with Crippen molar-refractivity contribution in [2.45, 2.75) is 19.3 Å². The van der Waals surface area contributed by atoms with Crippen molar-refractivity contribution >= 4 is 5.97 Å². The molecule has 0 saturated carbocycles. The van der Waals surface area contributed by atoms with Crippen LogP contribution in [0.25, 0.3) is 0 Å². The van der Waals surface area contributed by atoms with Gasteiger partial charge in [0, 0.05) is 0 Å². The molecule has 3 heteroatoms. The fourth-order valence-corrected chi connectivity index (χ4v) is 3.22. The Balaban J connectivity index is 1.92. The first-order valence-electron chi connectivity index (χ1n) is 7.06. The van der Waals surface area contributed by atoms with Crippen LogP contribution in [0.1, 0.15) is 16.7 Å². The van der Waals surface area contributed by atoms with Crippen LogP contribution in [0.3, 0.4) is 0 Å². The average molecular weight is 282 g/mol. The van der Waals surface area contributed by atoms with Crippen molar-refractivity contribution < 1.29 is 14.6 Å². The lowest BCUT2D eigenvalue weighted by atomic mass is 9.79. The molecule has 1 aliphatic rings. The first-order chi connectivity index (χ1) is 10.1. The molecule has 21 heavy (non-hydrogen) atoms. The second kappa shape index (κ2) is 5.24. The molecule has 0 amide bonds. The third kappa shape index (κ3) is 2.51. The van der Waals surface area contributed by atoms with Crippen molar-refractivity contribution in [3.05, 3.63) is 65.2 Å². The number of fused-ring (bicyclic) bond motifs is 1. The number of hydrogen-bond acceptors (Lipinski definition) is 2. The quantitative estimate of drug-likeness (QED) is 0.937. The average Bonchev–Trinajstić information content (AvgIpc) is 2.86. The number of hydrogen-bond donors (Lipinski definition) is 1. The predicted octanol–water partition coefficient (Wildman–Crippen LogP) is 3.11. The topological polar surface area (TPSA) is 46.5 Å². The minimum atomic E-state index is -0.740. The van der Waals surface area contributed by atoms with Gasteiger partial charge in [0.2, 0.25) is 0 Å². The highest BCUT2D eigenvalue weighted by molar-refractivity contribution is 5.77. The maximum Gasteiger partial charge on any atom is 0.310 e. The number of aliphatic carboxylic acids is 1. The van der Waals surface area contributed by atoms with Crippen LogP contribution in [-0.2, 0) is 24.1 Å². The predicted molar refractivity (Wildman–Crippen MR) is 80.6 cm³/mol. The normalized spacial score (nSPS) is 15.5. The monoisotopic (exact) mass is 282 g/mol. The summed E-state index contributed by atoms with van der Waals surface area (Å²) < 4.78 is 5.23. The van der Waals surface area contributed by atoms with E-state index in [0.717, 1.165) is 22.4 Å². The van der Waals surface area contributed by atoms with E-state index >= 15 is 0 Å². The van der Waals surface area contributed by atoms with Crippen LogP contribution < -0.4 is 4.74 Å². The van der Waals surface area contributed by atoms with Gasteiger partial charge in [0.05, 0.1) is 12.5 Å². The zero-order valence-electron chi connectivity index (χ0n) is 12.0. The standard InChI is InChI=1S/C18H18O3/c1-21-16-8-4-5-13(9-16)10-18(17(19)20)11-14-6-2-3-7-15(14)12-18/h2-9H,10-12H2,1H3,(H,19,20). The van der Waals surface area contributed by atoms with E-state index in [9.17, 15) is 9.90 Å². The highest BCUT2D eigenvalue weighted by Crippen LogP contribution is 2.40. The zero-order valence-corrected chi connectivity index (χ0v) is 12.0. The lowest BCUT2D eigenvalue weighted by Crippen LogP contribution is -2.34. The lowest BCUT2D eigenvalue weighted by molar-refractivity contribution is -0.148. The lowest BCUT2D eigenvalue weighted by Gasteiger charge is -2.24.